The van der Waals surface area contributed by atoms with Gasteiger partial charge in [0.1, 0.15) is 85.8 Å². The third kappa shape index (κ3) is 9.31. The van der Waals surface area contributed by atoms with Gasteiger partial charge in [-0.15, -0.1) is 0 Å². The van der Waals surface area contributed by atoms with E-state index in [9.17, 15) is 51.1 Å². The Balaban J connectivity index is 2.77. The third-order valence-electron chi connectivity index (χ3n) is 5.37. The first-order valence-electron chi connectivity index (χ1n) is 11.0. The van der Waals surface area contributed by atoms with E-state index in [1.807, 2.05) is 0 Å². The van der Waals surface area contributed by atoms with Crippen molar-refractivity contribution in [3.05, 3.63) is 23.8 Å². The molecule has 14 N–H and O–H groups in total. The molecule has 1 aromatic rings. The van der Waals surface area contributed by atoms with Gasteiger partial charge in [-0.2, -0.15) is 0 Å². The molecule has 0 aliphatic rings. The van der Waals surface area contributed by atoms with Gasteiger partial charge in [-0.25, -0.2) is 0 Å². The second-order valence-corrected chi connectivity index (χ2v) is 8.22. The van der Waals surface area contributed by atoms with E-state index in [1.54, 1.807) is 0 Å². The summed E-state index contributed by atoms with van der Waals surface area (Å²) in [6, 6.07) is 4.20. The molecule has 0 radical (unpaired) electrons. The van der Waals surface area contributed by atoms with Crippen LogP contribution in [0, 0.1) is 0 Å². The quantitative estimate of drug-likeness (QED) is 0.0896. The summed E-state index contributed by atoms with van der Waals surface area (Å²) in [7, 11) is 0. The van der Waals surface area contributed by atoms with Crippen LogP contribution in [0.1, 0.15) is 5.56 Å². The Morgan fingerprint density at radius 1 is 0.528 bits per heavy atom. The summed E-state index contributed by atoms with van der Waals surface area (Å²) in [5, 5.41) is 115. The summed E-state index contributed by atoms with van der Waals surface area (Å²) >= 11 is 0. The number of hydrogen-bond donors (Lipinski definition) is 13. The third-order valence-corrected chi connectivity index (χ3v) is 5.37. The topological polar surface area (TPSA) is 287 Å². The van der Waals surface area contributed by atoms with Crippen LogP contribution >= 0.6 is 0 Å². The standard InChI is InChI=1S/C21H37NO14/c22-4-9-1-10(35-7-14(27)18(31)20(33)16(29)12(25)5-23)3-11(2-9)36-8-15(28)19(32)21(34)17(30)13(26)6-24/h1-3,12-21,23-34H,4-8,22H2/t12-,13-,14+,15+,16-,17-,18+,19+,20-,21-/m1/s1. The summed E-state index contributed by atoms with van der Waals surface area (Å²) in [5.41, 5.74) is 6.09. The zero-order valence-corrected chi connectivity index (χ0v) is 19.3. The van der Waals surface area contributed by atoms with Crippen molar-refractivity contribution in [3.63, 3.8) is 0 Å². The van der Waals surface area contributed by atoms with Crippen LogP contribution in [0.15, 0.2) is 18.2 Å². The van der Waals surface area contributed by atoms with Crippen LogP contribution in [0.4, 0.5) is 0 Å². The minimum atomic E-state index is -2.00. The van der Waals surface area contributed by atoms with Gasteiger partial charge in [0, 0.05) is 12.6 Å². The summed E-state index contributed by atoms with van der Waals surface area (Å²) in [4.78, 5) is 0. The molecule has 0 fully saturated rings. The maximum atomic E-state index is 10.1. The van der Waals surface area contributed by atoms with E-state index in [2.05, 4.69) is 0 Å². The first-order chi connectivity index (χ1) is 16.9. The molecular weight excluding hydrogens is 490 g/mol. The minimum absolute atomic E-state index is 0.0117. The minimum Gasteiger partial charge on any atom is -0.491 e. The highest BCUT2D eigenvalue weighted by Crippen LogP contribution is 2.24. The highest BCUT2D eigenvalue weighted by molar-refractivity contribution is 5.38. The molecule has 1 aromatic carbocycles. The van der Waals surface area contributed by atoms with Gasteiger partial charge in [0.25, 0.3) is 0 Å². The largest absolute Gasteiger partial charge is 0.491 e. The molecule has 0 amide bonds. The Morgan fingerprint density at radius 3 is 1.17 bits per heavy atom. The Morgan fingerprint density at radius 2 is 0.861 bits per heavy atom. The fourth-order valence-corrected chi connectivity index (χ4v) is 3.01. The first-order valence-corrected chi connectivity index (χ1v) is 11.0. The molecule has 0 aliphatic carbocycles. The van der Waals surface area contributed by atoms with Crippen LogP contribution in [0.3, 0.4) is 0 Å². The van der Waals surface area contributed by atoms with Crippen molar-refractivity contribution in [1.82, 2.24) is 0 Å². The molecule has 210 valence electrons. The van der Waals surface area contributed by atoms with Crippen LogP contribution in [0.25, 0.3) is 0 Å². The average Bonchev–Trinajstić information content (AvgIpc) is 2.90. The highest BCUT2D eigenvalue weighted by Gasteiger charge is 2.35. The molecule has 0 spiro atoms. The molecule has 15 heteroatoms. The molecular formula is C21H37NO14. The van der Waals surface area contributed by atoms with Crippen molar-refractivity contribution in [1.29, 1.82) is 0 Å². The van der Waals surface area contributed by atoms with Crippen LogP contribution < -0.4 is 15.2 Å². The lowest BCUT2D eigenvalue weighted by atomic mass is 10.00. The molecule has 0 saturated heterocycles. The smallest absolute Gasteiger partial charge is 0.123 e. The maximum Gasteiger partial charge on any atom is 0.123 e. The SMILES string of the molecule is NCc1cc(OC[C@H](O)[C@H](O)[C@H](O)[C@H](O)[C@H](O)CO)cc(OC[C@H](O)[C@H](O)[C@H](O)[C@H](O)[C@H](O)CO)c1. The second-order valence-electron chi connectivity index (χ2n) is 8.22. The average molecular weight is 528 g/mol. The van der Waals surface area contributed by atoms with Gasteiger partial charge in [-0.3, -0.25) is 0 Å². The summed E-state index contributed by atoms with van der Waals surface area (Å²) in [6.07, 6.45) is -18.7. The summed E-state index contributed by atoms with van der Waals surface area (Å²) < 4.78 is 10.7. The molecule has 0 unspecified atom stereocenters. The van der Waals surface area contributed by atoms with E-state index in [0.29, 0.717) is 5.56 Å². The Bertz CT molecular complexity index is 701. The molecule has 0 aliphatic heterocycles. The van der Waals surface area contributed by atoms with Crippen molar-refractivity contribution in [2.75, 3.05) is 26.4 Å². The zero-order valence-electron chi connectivity index (χ0n) is 19.3. The van der Waals surface area contributed by atoms with Gasteiger partial charge in [-0.1, -0.05) is 0 Å². The molecule has 15 nitrogen and oxygen atoms in total. The zero-order chi connectivity index (χ0) is 27.6. The maximum absolute atomic E-state index is 10.1. The monoisotopic (exact) mass is 527 g/mol. The molecule has 1 rings (SSSR count). The van der Waals surface area contributed by atoms with E-state index in [1.165, 1.54) is 18.2 Å². The van der Waals surface area contributed by atoms with Gasteiger partial charge >= 0.3 is 0 Å². The lowest BCUT2D eigenvalue weighted by molar-refractivity contribution is -0.144. The van der Waals surface area contributed by atoms with Crippen molar-refractivity contribution in [2.45, 2.75) is 67.6 Å². The van der Waals surface area contributed by atoms with E-state index in [-0.39, 0.29) is 18.0 Å². The van der Waals surface area contributed by atoms with E-state index < -0.39 is 87.5 Å². The molecule has 0 heterocycles. The molecule has 0 bridgehead atoms. The number of aliphatic hydroxyl groups excluding tert-OH is 12. The number of ether oxygens (including phenoxy) is 2. The van der Waals surface area contributed by atoms with Gasteiger partial charge in [0.05, 0.1) is 13.2 Å². The van der Waals surface area contributed by atoms with Crippen LogP contribution in [-0.4, -0.2) is 149 Å². The Kier molecular flexibility index (Phi) is 13.9. The van der Waals surface area contributed by atoms with Crippen LogP contribution in [0.5, 0.6) is 11.5 Å². The number of aliphatic hydroxyl groups is 12. The van der Waals surface area contributed by atoms with Gasteiger partial charge < -0.3 is 76.5 Å². The van der Waals surface area contributed by atoms with Crippen LogP contribution in [-0.2, 0) is 6.54 Å². The normalized spacial score (nSPS) is 20.4. The predicted molar refractivity (Wildman–Crippen MR) is 120 cm³/mol. The van der Waals surface area contributed by atoms with Crippen molar-refractivity contribution in [2.24, 2.45) is 5.73 Å². The molecule has 0 saturated carbocycles. The number of hydrogen-bond acceptors (Lipinski definition) is 15. The van der Waals surface area contributed by atoms with E-state index in [4.69, 9.17) is 25.4 Å². The highest BCUT2D eigenvalue weighted by atomic mass is 16.5. The number of nitrogens with two attached hydrogens (primary N) is 1. The number of rotatable bonds is 17. The fraction of sp³-hybridized carbons (Fsp3) is 0.714. The van der Waals surface area contributed by atoms with Crippen molar-refractivity contribution in [3.8, 4) is 11.5 Å². The van der Waals surface area contributed by atoms with Crippen molar-refractivity contribution < 1.29 is 70.8 Å². The lowest BCUT2D eigenvalue weighted by Crippen LogP contribution is -2.51. The van der Waals surface area contributed by atoms with E-state index in [0.717, 1.165) is 0 Å². The van der Waals surface area contributed by atoms with Crippen LogP contribution in [0.2, 0.25) is 0 Å². The molecule has 36 heavy (non-hydrogen) atoms. The van der Waals surface area contributed by atoms with Gasteiger partial charge in [-0.05, 0) is 17.7 Å². The Labute approximate surface area is 206 Å². The summed E-state index contributed by atoms with van der Waals surface area (Å²) in [5.74, 6) is 0.141. The second kappa shape index (κ2) is 15.5. The fourth-order valence-electron chi connectivity index (χ4n) is 3.01. The molecule has 10 atom stereocenters. The van der Waals surface area contributed by atoms with Gasteiger partial charge in [0.2, 0.25) is 0 Å². The Hall–Kier alpha value is -1.70. The predicted octanol–water partition coefficient (Wildman–Crippen LogP) is -6.50. The van der Waals surface area contributed by atoms with Gasteiger partial charge in [0.15, 0.2) is 0 Å². The number of benzene rings is 1. The lowest BCUT2D eigenvalue weighted by Gasteiger charge is -2.28. The van der Waals surface area contributed by atoms with Crippen molar-refractivity contribution >= 4 is 0 Å². The molecule has 0 aromatic heterocycles. The van der Waals surface area contributed by atoms with E-state index >= 15 is 0 Å². The first kappa shape index (κ1) is 32.3. The summed E-state index contributed by atoms with van der Waals surface area (Å²) in [6.45, 7) is -2.94.